The number of benzene rings is 2. The summed E-state index contributed by atoms with van der Waals surface area (Å²) in [7, 11) is 0. The maximum Gasteiger partial charge on any atom is 0.168 e. The summed E-state index contributed by atoms with van der Waals surface area (Å²) >= 11 is 21.1. The van der Waals surface area contributed by atoms with Crippen LogP contribution in [-0.2, 0) is 6.42 Å². The van der Waals surface area contributed by atoms with Crippen LogP contribution < -0.4 is 0 Å². The van der Waals surface area contributed by atoms with E-state index in [0.717, 1.165) is 10.0 Å². The largest absolute Gasteiger partial charge is 0.294 e. The van der Waals surface area contributed by atoms with Crippen molar-refractivity contribution >= 4 is 56.5 Å². The van der Waals surface area contributed by atoms with Crippen LogP contribution in [0.2, 0.25) is 15.1 Å². The zero-order valence-corrected chi connectivity index (χ0v) is 13.4. The maximum absolute atomic E-state index is 12.2. The van der Waals surface area contributed by atoms with Crippen molar-refractivity contribution in [3.8, 4) is 0 Å². The first-order valence-corrected chi connectivity index (χ1v) is 7.32. The molecular formula is C14H8BrCl3O. The second kappa shape index (κ2) is 6.27. The van der Waals surface area contributed by atoms with Crippen molar-refractivity contribution in [2.75, 3.05) is 0 Å². The molecule has 0 N–H and O–H groups in total. The van der Waals surface area contributed by atoms with Crippen molar-refractivity contribution in [1.82, 2.24) is 0 Å². The summed E-state index contributed by atoms with van der Waals surface area (Å²) in [6.45, 7) is 0. The van der Waals surface area contributed by atoms with Crippen LogP contribution in [0.3, 0.4) is 0 Å². The molecule has 0 heterocycles. The van der Waals surface area contributed by atoms with Gasteiger partial charge in [-0.2, -0.15) is 0 Å². The van der Waals surface area contributed by atoms with Gasteiger partial charge >= 0.3 is 0 Å². The van der Waals surface area contributed by atoms with Crippen molar-refractivity contribution in [3.05, 3.63) is 67.1 Å². The molecule has 0 atom stereocenters. The van der Waals surface area contributed by atoms with Crippen LogP contribution in [0, 0.1) is 0 Å². The van der Waals surface area contributed by atoms with E-state index in [1.54, 1.807) is 36.4 Å². The molecule has 98 valence electrons. The van der Waals surface area contributed by atoms with Crippen molar-refractivity contribution < 1.29 is 4.79 Å². The Morgan fingerprint density at radius 2 is 1.63 bits per heavy atom. The lowest BCUT2D eigenvalue weighted by Crippen LogP contribution is -2.04. The lowest BCUT2D eigenvalue weighted by atomic mass is 10.0. The highest BCUT2D eigenvalue weighted by Crippen LogP contribution is 2.25. The fourth-order valence-electron chi connectivity index (χ4n) is 1.64. The summed E-state index contributed by atoms with van der Waals surface area (Å²) in [5.41, 5.74) is 1.29. The number of ketones is 1. The van der Waals surface area contributed by atoms with Gasteiger partial charge in [0.2, 0.25) is 0 Å². The van der Waals surface area contributed by atoms with E-state index < -0.39 is 0 Å². The van der Waals surface area contributed by atoms with Crippen LogP contribution in [0.15, 0.2) is 40.9 Å². The van der Waals surface area contributed by atoms with Crippen LogP contribution in [0.4, 0.5) is 0 Å². The highest BCUT2D eigenvalue weighted by atomic mass is 79.9. The third kappa shape index (κ3) is 3.73. The molecule has 2 aromatic carbocycles. The van der Waals surface area contributed by atoms with Gasteiger partial charge in [0.05, 0.1) is 15.1 Å². The number of carbonyl (C=O) groups excluding carboxylic acids is 1. The molecule has 0 aliphatic rings. The zero-order chi connectivity index (χ0) is 14.0. The van der Waals surface area contributed by atoms with Crippen molar-refractivity contribution in [2.24, 2.45) is 0 Å². The fraction of sp³-hybridized carbons (Fsp3) is 0.0714. The third-order valence-electron chi connectivity index (χ3n) is 2.58. The monoisotopic (exact) mass is 376 g/mol. The summed E-state index contributed by atoms with van der Waals surface area (Å²) in [6, 6.07) is 10.3. The van der Waals surface area contributed by atoms with E-state index in [-0.39, 0.29) is 12.2 Å². The Kier molecular flexibility index (Phi) is 4.91. The van der Waals surface area contributed by atoms with Crippen molar-refractivity contribution in [2.45, 2.75) is 6.42 Å². The molecule has 0 unspecified atom stereocenters. The van der Waals surface area contributed by atoms with E-state index in [9.17, 15) is 4.79 Å². The average molecular weight is 378 g/mol. The Hall–Kier alpha value is -0.540. The Balaban J connectivity index is 2.25. The Morgan fingerprint density at radius 3 is 2.32 bits per heavy atom. The maximum atomic E-state index is 12.2. The van der Waals surface area contributed by atoms with Crippen LogP contribution >= 0.6 is 50.7 Å². The molecular weight excluding hydrogens is 370 g/mol. The van der Waals surface area contributed by atoms with Crippen LogP contribution in [0.25, 0.3) is 0 Å². The van der Waals surface area contributed by atoms with Gasteiger partial charge in [-0.3, -0.25) is 4.79 Å². The number of rotatable bonds is 3. The van der Waals surface area contributed by atoms with Gasteiger partial charge in [0, 0.05) is 16.5 Å². The van der Waals surface area contributed by atoms with Gasteiger partial charge < -0.3 is 0 Å². The predicted molar refractivity (Wildman–Crippen MR) is 83.6 cm³/mol. The highest BCUT2D eigenvalue weighted by molar-refractivity contribution is 9.10. The van der Waals surface area contributed by atoms with Gasteiger partial charge in [-0.15, -0.1) is 0 Å². The summed E-state index contributed by atoms with van der Waals surface area (Å²) in [5, 5.41) is 1.35. The first-order valence-electron chi connectivity index (χ1n) is 5.39. The molecule has 0 saturated carbocycles. The molecule has 0 aromatic heterocycles. The quantitative estimate of drug-likeness (QED) is 0.614. The van der Waals surface area contributed by atoms with E-state index in [2.05, 4.69) is 15.9 Å². The molecule has 2 rings (SSSR count). The Bertz CT molecular complexity index is 641. The topological polar surface area (TPSA) is 17.1 Å². The van der Waals surface area contributed by atoms with E-state index in [0.29, 0.717) is 20.6 Å². The molecule has 0 fully saturated rings. The van der Waals surface area contributed by atoms with Gasteiger partial charge in [-0.05, 0) is 35.9 Å². The number of halogens is 4. The normalized spacial score (nSPS) is 10.5. The Labute approximate surface area is 134 Å². The minimum atomic E-state index is -0.0651. The molecule has 5 heteroatoms. The lowest BCUT2D eigenvalue weighted by Gasteiger charge is -2.05. The summed E-state index contributed by atoms with van der Waals surface area (Å²) in [6.07, 6.45) is 0.229. The molecule has 0 amide bonds. The molecule has 2 aromatic rings. The molecule has 0 aliphatic heterocycles. The van der Waals surface area contributed by atoms with Gasteiger partial charge in [0.15, 0.2) is 5.78 Å². The van der Waals surface area contributed by atoms with Crippen molar-refractivity contribution in [1.29, 1.82) is 0 Å². The highest BCUT2D eigenvalue weighted by Gasteiger charge is 2.12. The van der Waals surface area contributed by atoms with Crippen LogP contribution in [0.1, 0.15) is 15.9 Å². The van der Waals surface area contributed by atoms with Gasteiger partial charge in [-0.25, -0.2) is 0 Å². The summed E-state index contributed by atoms with van der Waals surface area (Å²) in [5.74, 6) is -0.0651. The van der Waals surface area contributed by atoms with E-state index in [4.69, 9.17) is 34.8 Å². The minimum Gasteiger partial charge on any atom is -0.294 e. The number of Topliss-reactive ketones (excluding diaryl/α,β-unsaturated/α-hetero) is 1. The van der Waals surface area contributed by atoms with Crippen molar-refractivity contribution in [3.63, 3.8) is 0 Å². The summed E-state index contributed by atoms with van der Waals surface area (Å²) < 4.78 is 0.814. The first kappa shape index (κ1) is 14.9. The number of carbonyl (C=O) groups is 1. The number of hydrogen-bond donors (Lipinski definition) is 0. The average Bonchev–Trinajstić information content (AvgIpc) is 2.36. The fourth-order valence-corrected chi connectivity index (χ4v) is 2.55. The van der Waals surface area contributed by atoms with E-state index in [1.165, 1.54) is 0 Å². The molecule has 0 radical (unpaired) electrons. The minimum absolute atomic E-state index is 0.0651. The molecule has 0 aliphatic carbocycles. The molecule has 19 heavy (non-hydrogen) atoms. The van der Waals surface area contributed by atoms with E-state index >= 15 is 0 Å². The lowest BCUT2D eigenvalue weighted by molar-refractivity contribution is 0.0993. The van der Waals surface area contributed by atoms with Gasteiger partial charge in [-0.1, -0.05) is 56.8 Å². The Morgan fingerprint density at radius 1 is 0.947 bits per heavy atom. The SMILES string of the molecule is O=C(Cc1ccc(Cl)c(Cl)c1)c1cc(Br)ccc1Cl. The third-order valence-corrected chi connectivity index (χ3v) is 4.14. The van der Waals surface area contributed by atoms with Gasteiger partial charge in [0.25, 0.3) is 0 Å². The molecule has 0 spiro atoms. The van der Waals surface area contributed by atoms with E-state index in [1.807, 2.05) is 0 Å². The molecule has 0 saturated heterocycles. The smallest absolute Gasteiger partial charge is 0.168 e. The standard InChI is InChI=1S/C14H8BrCl3O/c15-9-2-4-11(16)10(7-9)14(19)6-8-1-3-12(17)13(18)5-8/h1-5,7H,6H2. The first-order chi connectivity index (χ1) is 8.97. The second-order valence-corrected chi connectivity index (χ2v) is 6.11. The molecule has 0 bridgehead atoms. The predicted octanol–water partition coefficient (Wildman–Crippen LogP) is 5.83. The van der Waals surface area contributed by atoms with Crippen LogP contribution in [0.5, 0.6) is 0 Å². The van der Waals surface area contributed by atoms with Gasteiger partial charge in [0.1, 0.15) is 0 Å². The summed E-state index contributed by atoms with van der Waals surface area (Å²) in [4.78, 5) is 12.2. The second-order valence-electron chi connectivity index (χ2n) is 3.97. The zero-order valence-electron chi connectivity index (χ0n) is 9.59. The van der Waals surface area contributed by atoms with Crippen LogP contribution in [-0.4, -0.2) is 5.78 Å². The molecule has 1 nitrogen and oxygen atoms in total. The number of hydrogen-bond acceptors (Lipinski definition) is 1.